The summed E-state index contributed by atoms with van der Waals surface area (Å²) in [5.74, 6) is -0.278. The number of nitrogens with two attached hydrogens (primary N) is 2. The number of benzene rings is 1. The first-order chi connectivity index (χ1) is 6.56. The molecule has 1 rings (SSSR count). The lowest BCUT2D eigenvalue weighted by Crippen LogP contribution is -2.25. The molecule has 0 saturated carbocycles. The molecule has 1 aromatic rings. The van der Waals surface area contributed by atoms with Gasteiger partial charge in [-0.1, -0.05) is 24.6 Å². The van der Waals surface area contributed by atoms with Crippen LogP contribution in [0.3, 0.4) is 0 Å². The second-order valence-corrected chi connectivity index (χ2v) is 3.82. The highest BCUT2D eigenvalue weighted by Gasteiger charge is 2.14. The maximum atomic E-state index is 12.8. The molecular weight excluding hydrogens is 203 g/mol. The highest BCUT2D eigenvalue weighted by atomic mass is 35.5. The molecule has 78 valence electrons. The van der Waals surface area contributed by atoms with E-state index in [2.05, 4.69) is 0 Å². The van der Waals surface area contributed by atoms with Crippen molar-refractivity contribution in [1.82, 2.24) is 0 Å². The maximum Gasteiger partial charge on any atom is 0.141 e. The van der Waals surface area contributed by atoms with Gasteiger partial charge in [0.2, 0.25) is 0 Å². The molecule has 4 heteroatoms. The van der Waals surface area contributed by atoms with Gasteiger partial charge >= 0.3 is 0 Å². The van der Waals surface area contributed by atoms with E-state index < -0.39 is 5.82 Å². The molecule has 0 aromatic heterocycles. The highest BCUT2D eigenvalue weighted by Crippen LogP contribution is 2.23. The van der Waals surface area contributed by atoms with Gasteiger partial charge in [0.1, 0.15) is 5.82 Å². The van der Waals surface area contributed by atoms with Crippen molar-refractivity contribution in [3.8, 4) is 0 Å². The Hall–Kier alpha value is -0.640. The highest BCUT2D eigenvalue weighted by molar-refractivity contribution is 6.30. The van der Waals surface area contributed by atoms with Gasteiger partial charge in [-0.25, -0.2) is 4.39 Å². The number of hydrogen-bond acceptors (Lipinski definition) is 2. The second-order valence-electron chi connectivity index (χ2n) is 3.41. The largest absolute Gasteiger partial charge is 0.330 e. The first-order valence-corrected chi connectivity index (χ1v) is 4.84. The number of rotatable bonds is 3. The summed E-state index contributed by atoms with van der Waals surface area (Å²) >= 11 is 5.64. The Balaban J connectivity index is 2.91. The Kier molecular flexibility index (Phi) is 3.86. The van der Waals surface area contributed by atoms with Crippen molar-refractivity contribution in [2.24, 2.45) is 17.4 Å². The minimum atomic E-state index is -0.428. The van der Waals surface area contributed by atoms with Crippen molar-refractivity contribution in [2.45, 2.75) is 13.0 Å². The van der Waals surface area contributed by atoms with Crippen LogP contribution in [-0.2, 0) is 0 Å². The zero-order valence-corrected chi connectivity index (χ0v) is 8.76. The van der Waals surface area contributed by atoms with Gasteiger partial charge in [-0.15, -0.1) is 0 Å². The molecule has 0 aliphatic carbocycles. The summed E-state index contributed by atoms with van der Waals surface area (Å²) in [6, 6.07) is 4.31. The molecule has 0 aliphatic rings. The standard InChI is InChI=1S/C10H14ClFN2/c1-6(5-13)10(14)7-2-3-9(12)8(11)4-7/h2-4,6,10H,5,13-14H2,1H3. The van der Waals surface area contributed by atoms with E-state index in [1.54, 1.807) is 12.1 Å². The average Bonchev–Trinajstić information content (AvgIpc) is 2.20. The van der Waals surface area contributed by atoms with Crippen molar-refractivity contribution in [3.63, 3.8) is 0 Å². The van der Waals surface area contributed by atoms with Crippen LogP contribution in [0.4, 0.5) is 4.39 Å². The second kappa shape index (κ2) is 4.73. The lowest BCUT2D eigenvalue weighted by Gasteiger charge is -2.18. The lowest BCUT2D eigenvalue weighted by molar-refractivity contribution is 0.480. The van der Waals surface area contributed by atoms with Gasteiger partial charge in [-0.05, 0) is 30.2 Å². The summed E-state index contributed by atoms with van der Waals surface area (Å²) in [4.78, 5) is 0. The van der Waals surface area contributed by atoms with Gasteiger partial charge in [0.05, 0.1) is 5.02 Å². The van der Waals surface area contributed by atoms with E-state index >= 15 is 0 Å². The van der Waals surface area contributed by atoms with Crippen molar-refractivity contribution in [2.75, 3.05) is 6.54 Å². The van der Waals surface area contributed by atoms with E-state index in [-0.39, 0.29) is 17.0 Å². The van der Waals surface area contributed by atoms with Crippen LogP contribution in [0.1, 0.15) is 18.5 Å². The zero-order valence-electron chi connectivity index (χ0n) is 8.00. The summed E-state index contributed by atoms with van der Waals surface area (Å²) in [5, 5.41) is 0.0992. The third-order valence-electron chi connectivity index (χ3n) is 2.31. The van der Waals surface area contributed by atoms with Crippen molar-refractivity contribution >= 4 is 11.6 Å². The van der Waals surface area contributed by atoms with Gasteiger partial charge < -0.3 is 11.5 Å². The van der Waals surface area contributed by atoms with Crippen molar-refractivity contribution in [1.29, 1.82) is 0 Å². The van der Waals surface area contributed by atoms with Gasteiger partial charge in [-0.3, -0.25) is 0 Å². The molecule has 1 aromatic carbocycles. The monoisotopic (exact) mass is 216 g/mol. The van der Waals surface area contributed by atoms with Crippen LogP contribution < -0.4 is 11.5 Å². The van der Waals surface area contributed by atoms with Crippen LogP contribution >= 0.6 is 11.6 Å². The van der Waals surface area contributed by atoms with E-state index in [9.17, 15) is 4.39 Å². The van der Waals surface area contributed by atoms with E-state index in [4.69, 9.17) is 23.1 Å². The van der Waals surface area contributed by atoms with Gasteiger partial charge in [0, 0.05) is 6.04 Å². The predicted molar refractivity (Wildman–Crippen MR) is 56.6 cm³/mol. The van der Waals surface area contributed by atoms with Crippen molar-refractivity contribution in [3.05, 3.63) is 34.6 Å². The average molecular weight is 217 g/mol. The third kappa shape index (κ3) is 2.44. The van der Waals surface area contributed by atoms with Gasteiger partial charge in [0.15, 0.2) is 0 Å². The molecule has 0 amide bonds. The Bertz CT molecular complexity index is 317. The number of hydrogen-bond donors (Lipinski definition) is 2. The van der Waals surface area contributed by atoms with E-state index in [1.807, 2.05) is 6.92 Å². The first-order valence-electron chi connectivity index (χ1n) is 4.47. The Morgan fingerprint density at radius 1 is 1.50 bits per heavy atom. The molecule has 2 unspecified atom stereocenters. The SMILES string of the molecule is CC(CN)C(N)c1ccc(F)c(Cl)c1. The minimum Gasteiger partial charge on any atom is -0.330 e. The molecule has 0 saturated heterocycles. The molecular formula is C10H14ClFN2. The van der Waals surface area contributed by atoms with Crippen LogP contribution in [0.15, 0.2) is 18.2 Å². The van der Waals surface area contributed by atoms with Crippen LogP contribution in [0.2, 0.25) is 5.02 Å². The smallest absolute Gasteiger partial charge is 0.141 e. The number of halogens is 2. The van der Waals surface area contributed by atoms with Gasteiger partial charge in [0.25, 0.3) is 0 Å². The lowest BCUT2D eigenvalue weighted by atomic mass is 9.95. The topological polar surface area (TPSA) is 52.0 Å². The Labute approximate surface area is 88.0 Å². The minimum absolute atomic E-state index is 0.0992. The van der Waals surface area contributed by atoms with Crippen molar-refractivity contribution < 1.29 is 4.39 Å². The molecule has 2 nitrogen and oxygen atoms in total. The Morgan fingerprint density at radius 3 is 2.64 bits per heavy atom. The molecule has 0 heterocycles. The first kappa shape index (κ1) is 11.4. The zero-order chi connectivity index (χ0) is 10.7. The van der Waals surface area contributed by atoms with Crippen LogP contribution in [0.5, 0.6) is 0 Å². The normalized spacial score (nSPS) is 15.2. The van der Waals surface area contributed by atoms with Crippen LogP contribution in [0.25, 0.3) is 0 Å². The molecule has 0 bridgehead atoms. The molecule has 0 fully saturated rings. The fourth-order valence-corrected chi connectivity index (χ4v) is 1.38. The summed E-state index contributed by atoms with van der Waals surface area (Å²) in [7, 11) is 0. The summed E-state index contributed by atoms with van der Waals surface area (Å²) in [5.41, 5.74) is 12.2. The molecule has 2 atom stereocenters. The molecule has 4 N–H and O–H groups in total. The Morgan fingerprint density at radius 2 is 2.14 bits per heavy atom. The maximum absolute atomic E-state index is 12.8. The summed E-state index contributed by atoms with van der Waals surface area (Å²) < 4.78 is 12.8. The van der Waals surface area contributed by atoms with E-state index in [1.165, 1.54) is 6.07 Å². The third-order valence-corrected chi connectivity index (χ3v) is 2.60. The summed E-state index contributed by atoms with van der Waals surface area (Å²) in [6.07, 6.45) is 0. The van der Waals surface area contributed by atoms with Crippen LogP contribution in [-0.4, -0.2) is 6.54 Å². The van der Waals surface area contributed by atoms with E-state index in [0.29, 0.717) is 6.54 Å². The fourth-order valence-electron chi connectivity index (χ4n) is 1.19. The predicted octanol–water partition coefficient (Wildman–Crippen LogP) is 2.07. The molecule has 0 spiro atoms. The summed E-state index contributed by atoms with van der Waals surface area (Å²) in [6.45, 7) is 2.44. The quantitative estimate of drug-likeness (QED) is 0.813. The van der Waals surface area contributed by atoms with Gasteiger partial charge in [-0.2, -0.15) is 0 Å². The van der Waals surface area contributed by atoms with E-state index in [0.717, 1.165) is 5.56 Å². The molecule has 0 aliphatic heterocycles. The fraction of sp³-hybridized carbons (Fsp3) is 0.400. The van der Waals surface area contributed by atoms with Crippen LogP contribution in [0, 0.1) is 11.7 Å². The molecule has 0 radical (unpaired) electrons. The molecule has 14 heavy (non-hydrogen) atoms.